The van der Waals surface area contributed by atoms with Crippen LogP contribution in [0.4, 0.5) is 0 Å². The van der Waals surface area contributed by atoms with Crippen LogP contribution < -0.4 is 24.8 Å². The van der Waals surface area contributed by atoms with Crippen molar-refractivity contribution in [1.82, 2.24) is 10.6 Å². The topological polar surface area (TPSA) is 68.8 Å². The minimum absolute atomic E-state index is 0. The monoisotopic (exact) mass is 384 g/mol. The Morgan fingerprint density at radius 3 is 2.50 bits per heavy atom. The molecule has 3 rings (SSSR count). The quantitative estimate of drug-likeness (QED) is 0.788. The molecule has 0 bridgehead atoms. The van der Waals surface area contributed by atoms with Gasteiger partial charge in [-0.3, -0.25) is 4.79 Å². The van der Waals surface area contributed by atoms with E-state index in [0.29, 0.717) is 29.7 Å². The van der Waals surface area contributed by atoms with Gasteiger partial charge in [0.05, 0.1) is 26.7 Å². The van der Waals surface area contributed by atoms with Crippen LogP contribution in [0.1, 0.15) is 31.2 Å². The lowest BCUT2D eigenvalue weighted by Crippen LogP contribution is -2.47. The van der Waals surface area contributed by atoms with Crippen molar-refractivity contribution >= 4 is 18.3 Å². The number of amides is 1. The van der Waals surface area contributed by atoms with Crippen LogP contribution in [0.15, 0.2) is 12.1 Å². The molecule has 0 unspecified atom stereocenters. The third-order valence-electron chi connectivity index (χ3n) is 5.67. The van der Waals surface area contributed by atoms with E-state index >= 15 is 0 Å². The molecule has 6 nitrogen and oxygen atoms in total. The van der Waals surface area contributed by atoms with Crippen LogP contribution in [-0.4, -0.2) is 40.3 Å². The summed E-state index contributed by atoms with van der Waals surface area (Å²) in [6, 6.07) is 3.76. The van der Waals surface area contributed by atoms with Crippen molar-refractivity contribution in [3.63, 3.8) is 0 Å². The number of benzene rings is 1. The first-order valence-corrected chi connectivity index (χ1v) is 8.92. The summed E-state index contributed by atoms with van der Waals surface area (Å²) < 4.78 is 16.1. The molecule has 1 aromatic rings. The highest BCUT2D eigenvalue weighted by Crippen LogP contribution is 2.44. The van der Waals surface area contributed by atoms with Gasteiger partial charge in [0.15, 0.2) is 11.5 Å². The molecule has 0 radical (unpaired) electrons. The molecule has 26 heavy (non-hydrogen) atoms. The van der Waals surface area contributed by atoms with Crippen LogP contribution >= 0.6 is 12.4 Å². The second-order valence-corrected chi connectivity index (χ2v) is 6.95. The molecule has 2 fully saturated rings. The summed E-state index contributed by atoms with van der Waals surface area (Å²) in [7, 11) is 4.77. The van der Waals surface area contributed by atoms with E-state index < -0.39 is 0 Å². The third-order valence-corrected chi connectivity index (χ3v) is 5.67. The average molecular weight is 385 g/mol. The van der Waals surface area contributed by atoms with Crippen molar-refractivity contribution < 1.29 is 19.0 Å². The highest BCUT2D eigenvalue weighted by molar-refractivity contribution is 5.85. The zero-order valence-electron chi connectivity index (χ0n) is 15.7. The fourth-order valence-corrected chi connectivity index (χ4v) is 4.29. The Morgan fingerprint density at radius 2 is 1.88 bits per heavy atom. The summed E-state index contributed by atoms with van der Waals surface area (Å²) in [5.74, 6) is 2.38. The third kappa shape index (κ3) is 3.71. The zero-order valence-corrected chi connectivity index (χ0v) is 16.5. The van der Waals surface area contributed by atoms with Crippen molar-refractivity contribution in [2.24, 2.45) is 11.3 Å². The molecule has 1 aliphatic carbocycles. The predicted octanol–water partition coefficient (Wildman–Crippen LogP) is 2.53. The number of halogens is 1. The number of methoxy groups -OCH3 is 3. The van der Waals surface area contributed by atoms with Gasteiger partial charge in [0.2, 0.25) is 11.7 Å². The molecule has 1 saturated heterocycles. The maximum Gasteiger partial charge on any atom is 0.228 e. The molecular weight excluding hydrogens is 356 g/mol. The number of hydrogen-bond donors (Lipinski definition) is 2. The van der Waals surface area contributed by atoms with E-state index in [1.165, 1.54) is 6.42 Å². The van der Waals surface area contributed by atoms with Crippen molar-refractivity contribution in [2.75, 3.05) is 34.4 Å². The summed E-state index contributed by atoms with van der Waals surface area (Å²) in [5.41, 5.74) is 0.691. The average Bonchev–Trinajstić information content (AvgIpc) is 3.10. The molecule has 0 aromatic heterocycles. The lowest BCUT2D eigenvalue weighted by atomic mass is 9.67. The normalized spacial score (nSPS) is 24.2. The maximum atomic E-state index is 13.0. The van der Waals surface area contributed by atoms with Gasteiger partial charge in [-0.25, -0.2) is 0 Å². The Bertz CT molecular complexity index is 615. The molecule has 2 aliphatic rings. The zero-order chi connectivity index (χ0) is 17.9. The summed E-state index contributed by atoms with van der Waals surface area (Å²) in [6.07, 6.45) is 4.49. The van der Waals surface area contributed by atoms with E-state index in [1.54, 1.807) is 21.3 Å². The summed E-state index contributed by atoms with van der Waals surface area (Å²) in [4.78, 5) is 13.0. The lowest BCUT2D eigenvalue weighted by Gasteiger charge is -2.37. The van der Waals surface area contributed by atoms with Gasteiger partial charge in [-0.15, -0.1) is 12.4 Å². The van der Waals surface area contributed by atoms with Crippen LogP contribution in [0.3, 0.4) is 0 Å². The number of carbonyl (C=O) groups excluding carboxylic acids is 1. The minimum atomic E-state index is -0.237. The van der Waals surface area contributed by atoms with Gasteiger partial charge in [-0.1, -0.05) is 12.8 Å². The van der Waals surface area contributed by atoms with Gasteiger partial charge in [0.1, 0.15) is 0 Å². The largest absolute Gasteiger partial charge is 0.493 e. The molecule has 0 spiro atoms. The molecule has 2 N–H and O–H groups in total. The number of rotatable bonds is 6. The highest BCUT2D eigenvalue weighted by Gasteiger charge is 2.49. The summed E-state index contributed by atoms with van der Waals surface area (Å²) in [5, 5.41) is 6.56. The first kappa shape index (κ1) is 20.6. The maximum absolute atomic E-state index is 13.0. The van der Waals surface area contributed by atoms with Gasteiger partial charge in [-0.2, -0.15) is 0 Å². The lowest BCUT2D eigenvalue weighted by molar-refractivity contribution is -0.134. The molecule has 1 saturated carbocycles. The minimum Gasteiger partial charge on any atom is -0.493 e. The Hall–Kier alpha value is -1.66. The molecule has 1 aromatic carbocycles. The van der Waals surface area contributed by atoms with Crippen molar-refractivity contribution in [3.8, 4) is 17.2 Å². The van der Waals surface area contributed by atoms with Gasteiger partial charge in [0, 0.05) is 13.1 Å². The van der Waals surface area contributed by atoms with Gasteiger partial charge in [-0.05, 0) is 43.0 Å². The number of ether oxygens (including phenoxy) is 3. The van der Waals surface area contributed by atoms with E-state index in [-0.39, 0.29) is 23.7 Å². The van der Waals surface area contributed by atoms with Crippen molar-refractivity contribution in [3.05, 3.63) is 17.7 Å². The van der Waals surface area contributed by atoms with E-state index in [4.69, 9.17) is 14.2 Å². The fraction of sp³-hybridized carbons (Fsp3) is 0.632. The summed E-state index contributed by atoms with van der Waals surface area (Å²) >= 11 is 0. The van der Waals surface area contributed by atoms with E-state index in [1.807, 2.05) is 12.1 Å². The van der Waals surface area contributed by atoms with Gasteiger partial charge in [0.25, 0.3) is 0 Å². The fourth-order valence-electron chi connectivity index (χ4n) is 4.29. The highest BCUT2D eigenvalue weighted by atomic mass is 35.5. The Kier molecular flexibility index (Phi) is 7.01. The molecule has 1 aliphatic heterocycles. The smallest absolute Gasteiger partial charge is 0.228 e. The van der Waals surface area contributed by atoms with E-state index in [0.717, 1.165) is 37.9 Å². The number of carbonyl (C=O) groups is 1. The van der Waals surface area contributed by atoms with Crippen LogP contribution in [0.25, 0.3) is 0 Å². The second kappa shape index (κ2) is 8.82. The Morgan fingerprint density at radius 1 is 1.19 bits per heavy atom. The van der Waals surface area contributed by atoms with Gasteiger partial charge < -0.3 is 24.8 Å². The van der Waals surface area contributed by atoms with Crippen molar-refractivity contribution in [1.29, 1.82) is 0 Å². The van der Waals surface area contributed by atoms with Crippen molar-refractivity contribution in [2.45, 2.75) is 32.2 Å². The first-order valence-electron chi connectivity index (χ1n) is 8.92. The number of fused-ring (bicyclic) bond motifs is 1. The van der Waals surface area contributed by atoms with E-state index in [9.17, 15) is 4.79 Å². The standard InChI is InChI=1S/C19H28N2O4.ClH/c1-23-15-8-13(9-16(24-2)17(15)25-3)10-21-18(22)19-7-5-4-6-14(19)11-20-12-19;/h8-9,14,20H,4-7,10-12H2,1-3H3,(H,21,22);1H/t14-,19+;/m0./s1. The molecule has 7 heteroatoms. The van der Waals surface area contributed by atoms with E-state index in [2.05, 4.69) is 10.6 Å². The Balaban J connectivity index is 0.00000243. The van der Waals surface area contributed by atoms with Gasteiger partial charge >= 0.3 is 0 Å². The van der Waals surface area contributed by atoms with Crippen LogP contribution in [0.5, 0.6) is 17.2 Å². The number of hydrogen-bond acceptors (Lipinski definition) is 5. The Labute approximate surface area is 161 Å². The number of nitrogens with one attached hydrogen (secondary N) is 2. The molecule has 1 amide bonds. The van der Waals surface area contributed by atoms with Crippen LogP contribution in [0, 0.1) is 11.3 Å². The molecule has 146 valence electrons. The first-order chi connectivity index (χ1) is 12.1. The van der Waals surface area contributed by atoms with Crippen LogP contribution in [-0.2, 0) is 11.3 Å². The molecular formula is C19H29ClN2O4. The predicted molar refractivity (Wildman–Crippen MR) is 102 cm³/mol. The van der Waals surface area contributed by atoms with Crippen LogP contribution in [0.2, 0.25) is 0 Å². The SMILES string of the molecule is COc1cc(CNC(=O)[C@@]23CCCC[C@H]2CNC3)cc(OC)c1OC.Cl. The molecule has 2 atom stereocenters. The molecule has 1 heterocycles. The summed E-state index contributed by atoms with van der Waals surface area (Å²) in [6.45, 7) is 2.19. The second-order valence-electron chi connectivity index (χ2n) is 6.95.